The van der Waals surface area contributed by atoms with Gasteiger partial charge in [-0.1, -0.05) is 30.3 Å². The summed E-state index contributed by atoms with van der Waals surface area (Å²) in [6.45, 7) is 3.93. The summed E-state index contributed by atoms with van der Waals surface area (Å²) in [6.07, 6.45) is 1.68. The van der Waals surface area contributed by atoms with Crippen LogP contribution in [0.25, 0.3) is 21.8 Å². The van der Waals surface area contributed by atoms with Crippen LogP contribution in [0.4, 0.5) is 10.1 Å². The predicted octanol–water partition coefficient (Wildman–Crippen LogP) is 2.94. The largest absolute Gasteiger partial charge is 0.366 e. The van der Waals surface area contributed by atoms with Crippen LogP contribution in [0.15, 0.2) is 59.5 Å². The Morgan fingerprint density at radius 2 is 1.69 bits per heavy atom. The maximum absolute atomic E-state index is 14.1. The minimum atomic E-state index is -0.562. The smallest absolute Gasteiger partial charge is 0.291 e. The van der Waals surface area contributed by atoms with Crippen LogP contribution in [0.5, 0.6) is 0 Å². The topological polar surface area (TPSA) is 63.4 Å². The molecule has 5 rings (SSSR count). The van der Waals surface area contributed by atoms with E-state index in [9.17, 15) is 14.0 Å². The van der Waals surface area contributed by atoms with Crippen LogP contribution < -0.4 is 10.5 Å². The van der Waals surface area contributed by atoms with Gasteiger partial charge in [0.05, 0.1) is 17.4 Å². The molecule has 3 heterocycles. The number of rotatable bonds is 3. The second-order valence-corrected chi connectivity index (χ2v) is 8.16. The summed E-state index contributed by atoms with van der Waals surface area (Å²) in [4.78, 5) is 30.2. The zero-order chi connectivity index (χ0) is 22.4. The number of hydrogen-bond donors (Lipinski definition) is 0. The van der Waals surface area contributed by atoms with Crippen molar-refractivity contribution < 1.29 is 9.18 Å². The maximum atomic E-state index is 14.1. The van der Waals surface area contributed by atoms with Gasteiger partial charge in [-0.25, -0.2) is 9.07 Å². The van der Waals surface area contributed by atoms with E-state index in [1.54, 1.807) is 30.3 Å². The van der Waals surface area contributed by atoms with Gasteiger partial charge in [0.2, 0.25) is 5.91 Å². The van der Waals surface area contributed by atoms with Crippen molar-refractivity contribution in [2.45, 2.75) is 13.0 Å². The molecule has 2 aromatic heterocycles. The number of aromatic nitrogens is 3. The first-order valence-corrected chi connectivity index (χ1v) is 10.7. The number of carbonyl (C=O) groups excluding carboxylic acids is 1. The number of aryl methyl sites for hydroxylation is 1. The first kappa shape index (κ1) is 20.2. The molecule has 1 aliphatic heterocycles. The lowest BCUT2D eigenvalue weighted by atomic mass is 10.2. The van der Waals surface area contributed by atoms with Gasteiger partial charge in [-0.3, -0.25) is 9.59 Å². The normalized spacial score (nSPS) is 15.5. The van der Waals surface area contributed by atoms with Gasteiger partial charge in [0, 0.05) is 44.0 Å². The Bertz CT molecular complexity index is 1380. The fourth-order valence-electron chi connectivity index (χ4n) is 4.64. The monoisotopic (exact) mass is 433 g/mol. The van der Waals surface area contributed by atoms with E-state index < -0.39 is 6.04 Å². The van der Waals surface area contributed by atoms with E-state index in [-0.39, 0.29) is 17.3 Å². The molecular formula is C24H24FN5O2. The Balaban J connectivity index is 1.47. The van der Waals surface area contributed by atoms with Crippen LogP contribution in [-0.2, 0) is 11.8 Å². The lowest BCUT2D eigenvalue weighted by Gasteiger charge is -2.37. The molecule has 4 aromatic rings. The Kier molecular flexibility index (Phi) is 4.92. The van der Waals surface area contributed by atoms with Crippen LogP contribution in [-0.4, -0.2) is 51.3 Å². The Morgan fingerprint density at radius 1 is 1.00 bits per heavy atom. The van der Waals surface area contributed by atoms with E-state index in [0.29, 0.717) is 37.4 Å². The van der Waals surface area contributed by atoms with E-state index in [2.05, 4.69) is 5.10 Å². The minimum Gasteiger partial charge on any atom is -0.366 e. The molecule has 164 valence electrons. The summed E-state index contributed by atoms with van der Waals surface area (Å²) in [7, 11) is 1.61. The quantitative estimate of drug-likeness (QED) is 0.498. The number of hydrogen-bond acceptors (Lipinski definition) is 4. The molecule has 1 fully saturated rings. The molecule has 0 radical (unpaired) electrons. The molecule has 32 heavy (non-hydrogen) atoms. The highest BCUT2D eigenvalue weighted by molar-refractivity contribution is 6.08. The third kappa shape index (κ3) is 3.14. The SMILES string of the molecule is C[C@H](C(=O)N1CCN(c2ccccc2F)CC1)n1c2ccccc2c2cnn(C)c(=O)c21. The summed E-state index contributed by atoms with van der Waals surface area (Å²) in [6, 6.07) is 13.8. The Hall–Kier alpha value is -3.68. The van der Waals surface area contributed by atoms with Crippen LogP contribution in [0.3, 0.4) is 0 Å². The van der Waals surface area contributed by atoms with Gasteiger partial charge in [0.25, 0.3) is 5.56 Å². The average Bonchev–Trinajstić information content (AvgIpc) is 3.16. The number of piperazine rings is 1. The number of carbonyl (C=O) groups is 1. The Morgan fingerprint density at radius 3 is 2.44 bits per heavy atom. The van der Waals surface area contributed by atoms with Crippen molar-refractivity contribution in [3.8, 4) is 0 Å². The van der Waals surface area contributed by atoms with Crippen LogP contribution in [0.1, 0.15) is 13.0 Å². The third-order valence-corrected chi connectivity index (χ3v) is 6.34. The van der Waals surface area contributed by atoms with Gasteiger partial charge in [-0.05, 0) is 25.1 Å². The predicted molar refractivity (Wildman–Crippen MR) is 122 cm³/mol. The van der Waals surface area contributed by atoms with Gasteiger partial charge >= 0.3 is 0 Å². The molecule has 0 aliphatic carbocycles. The van der Waals surface area contributed by atoms with E-state index >= 15 is 0 Å². The summed E-state index contributed by atoms with van der Waals surface area (Å²) >= 11 is 0. The zero-order valence-corrected chi connectivity index (χ0v) is 18.0. The van der Waals surface area contributed by atoms with Gasteiger partial charge in [-0.2, -0.15) is 5.10 Å². The average molecular weight is 433 g/mol. The number of amides is 1. The molecule has 0 bridgehead atoms. The van der Waals surface area contributed by atoms with Gasteiger partial charge in [-0.15, -0.1) is 0 Å². The lowest BCUT2D eigenvalue weighted by molar-refractivity contribution is -0.134. The minimum absolute atomic E-state index is 0.0558. The highest BCUT2D eigenvalue weighted by atomic mass is 19.1. The van der Waals surface area contributed by atoms with Gasteiger partial charge in [0.1, 0.15) is 17.4 Å². The van der Waals surface area contributed by atoms with Crippen molar-refractivity contribution in [3.05, 3.63) is 70.9 Å². The second kappa shape index (κ2) is 7.78. The summed E-state index contributed by atoms with van der Waals surface area (Å²) < 4.78 is 17.3. The molecule has 1 amide bonds. The molecular weight excluding hydrogens is 409 g/mol. The number of anilines is 1. The molecule has 8 heteroatoms. The molecule has 7 nitrogen and oxygen atoms in total. The molecule has 0 saturated carbocycles. The first-order chi connectivity index (χ1) is 15.5. The molecule has 2 aromatic carbocycles. The summed E-state index contributed by atoms with van der Waals surface area (Å²) in [5.41, 5.74) is 1.64. The Labute approximate surface area is 184 Å². The van der Waals surface area contributed by atoms with Crippen molar-refractivity contribution in [1.82, 2.24) is 19.2 Å². The molecule has 1 aliphatic rings. The molecule has 0 spiro atoms. The number of benzene rings is 2. The highest BCUT2D eigenvalue weighted by Crippen LogP contribution is 2.30. The van der Waals surface area contributed by atoms with Gasteiger partial charge < -0.3 is 14.4 Å². The third-order valence-electron chi connectivity index (χ3n) is 6.34. The molecule has 0 N–H and O–H groups in total. The molecule has 1 saturated heterocycles. The number of fused-ring (bicyclic) bond motifs is 3. The summed E-state index contributed by atoms with van der Waals surface area (Å²) in [5.74, 6) is -0.310. The van der Waals surface area contributed by atoms with Gasteiger partial charge in [0.15, 0.2) is 0 Å². The standard InChI is InChI=1S/C24H24FN5O2/c1-16(23(31)29-13-11-28(12-14-29)21-10-6-4-8-19(21)25)30-20-9-5-3-7-17(20)18-15-26-27(2)24(32)22(18)30/h3-10,15-16H,11-14H2,1-2H3/t16-/m1/s1. The van der Waals surface area contributed by atoms with Crippen LogP contribution in [0, 0.1) is 5.82 Å². The van der Waals surface area contributed by atoms with Crippen LogP contribution in [0.2, 0.25) is 0 Å². The zero-order valence-electron chi connectivity index (χ0n) is 18.0. The van der Waals surface area contributed by atoms with Crippen molar-refractivity contribution >= 4 is 33.4 Å². The van der Waals surface area contributed by atoms with Crippen LogP contribution >= 0.6 is 0 Å². The van der Waals surface area contributed by atoms with E-state index in [1.807, 2.05) is 46.7 Å². The van der Waals surface area contributed by atoms with E-state index in [1.165, 1.54) is 10.7 Å². The number of nitrogens with zero attached hydrogens (tertiary/aromatic N) is 5. The van der Waals surface area contributed by atoms with E-state index in [0.717, 1.165) is 16.3 Å². The van der Waals surface area contributed by atoms with Crippen molar-refractivity contribution in [1.29, 1.82) is 0 Å². The van der Waals surface area contributed by atoms with Crippen molar-refractivity contribution in [2.75, 3.05) is 31.1 Å². The first-order valence-electron chi connectivity index (χ1n) is 10.7. The fraction of sp³-hybridized carbons (Fsp3) is 0.292. The highest BCUT2D eigenvalue weighted by Gasteiger charge is 2.29. The molecule has 1 atom stereocenters. The van der Waals surface area contributed by atoms with Crippen molar-refractivity contribution in [2.24, 2.45) is 7.05 Å². The lowest BCUT2D eigenvalue weighted by Crippen LogP contribution is -2.50. The summed E-state index contributed by atoms with van der Waals surface area (Å²) in [5, 5.41) is 5.81. The van der Waals surface area contributed by atoms with E-state index in [4.69, 9.17) is 0 Å². The number of halogens is 1. The molecule has 0 unspecified atom stereocenters. The van der Waals surface area contributed by atoms with Crippen molar-refractivity contribution in [3.63, 3.8) is 0 Å². The number of para-hydroxylation sites is 2. The fourth-order valence-corrected chi connectivity index (χ4v) is 4.64. The second-order valence-electron chi connectivity index (χ2n) is 8.16. The maximum Gasteiger partial charge on any atom is 0.291 e.